The zero-order valence-electron chi connectivity index (χ0n) is 9.82. The lowest BCUT2D eigenvalue weighted by Crippen LogP contribution is -2.33. The number of rotatable bonds is 1. The Labute approximate surface area is 95.6 Å². The van der Waals surface area contributed by atoms with Crippen molar-refractivity contribution in [2.45, 2.75) is 32.3 Å². The first kappa shape index (κ1) is 11.1. The van der Waals surface area contributed by atoms with Crippen LogP contribution in [0.3, 0.4) is 0 Å². The summed E-state index contributed by atoms with van der Waals surface area (Å²) in [4.78, 5) is 11.6. The van der Waals surface area contributed by atoms with Crippen molar-refractivity contribution in [2.75, 3.05) is 0 Å². The lowest BCUT2D eigenvalue weighted by molar-refractivity contribution is -0.131. The summed E-state index contributed by atoms with van der Waals surface area (Å²) in [5.74, 6) is 0.142. The average Bonchev–Trinajstić information content (AvgIpc) is 2.23. The normalized spacial score (nSPS) is 23.7. The smallest absolute Gasteiger partial charge is 0.191 e. The van der Waals surface area contributed by atoms with Gasteiger partial charge in [0.15, 0.2) is 5.78 Å². The lowest BCUT2D eigenvalue weighted by atomic mass is 9.81. The maximum Gasteiger partial charge on any atom is 0.191 e. The molecule has 1 aliphatic carbocycles. The number of carbonyl (C=O) groups excluding carboxylic acids is 1. The fraction of sp³-hybridized carbons (Fsp3) is 0.357. The van der Waals surface area contributed by atoms with Crippen LogP contribution in [-0.2, 0) is 10.4 Å². The predicted octanol–water partition coefficient (Wildman–Crippen LogP) is 2.61. The Kier molecular flexibility index (Phi) is 2.47. The Morgan fingerprint density at radius 2 is 1.94 bits per heavy atom. The van der Waals surface area contributed by atoms with E-state index in [2.05, 4.69) is 13.8 Å². The van der Waals surface area contributed by atoms with Crippen molar-refractivity contribution in [1.29, 1.82) is 0 Å². The summed E-state index contributed by atoms with van der Waals surface area (Å²) < 4.78 is 0. The molecule has 2 nitrogen and oxygen atoms in total. The van der Waals surface area contributed by atoms with Gasteiger partial charge in [0, 0.05) is 0 Å². The maximum atomic E-state index is 11.6. The van der Waals surface area contributed by atoms with E-state index < -0.39 is 5.60 Å². The van der Waals surface area contributed by atoms with Gasteiger partial charge in [-0.15, -0.1) is 0 Å². The molecule has 0 aromatic heterocycles. The van der Waals surface area contributed by atoms with Gasteiger partial charge >= 0.3 is 0 Å². The Morgan fingerprint density at radius 3 is 2.56 bits per heavy atom. The van der Waals surface area contributed by atoms with E-state index in [0.717, 1.165) is 11.1 Å². The van der Waals surface area contributed by atoms with E-state index in [9.17, 15) is 9.90 Å². The van der Waals surface area contributed by atoms with Crippen molar-refractivity contribution in [1.82, 2.24) is 0 Å². The van der Waals surface area contributed by atoms with Crippen LogP contribution in [0.15, 0.2) is 24.3 Å². The van der Waals surface area contributed by atoms with E-state index in [4.69, 9.17) is 0 Å². The van der Waals surface area contributed by atoms with Crippen LogP contribution >= 0.6 is 0 Å². The molecular weight excluding hydrogens is 200 g/mol. The molecule has 1 atom stereocenters. The van der Waals surface area contributed by atoms with Gasteiger partial charge in [-0.25, -0.2) is 0 Å². The van der Waals surface area contributed by atoms with Gasteiger partial charge in [0.05, 0.1) is 0 Å². The molecule has 1 aromatic rings. The highest BCUT2D eigenvalue weighted by molar-refractivity contribution is 6.03. The highest BCUT2D eigenvalue weighted by atomic mass is 16.3. The van der Waals surface area contributed by atoms with Crippen molar-refractivity contribution in [3.05, 3.63) is 41.0 Å². The van der Waals surface area contributed by atoms with E-state index in [1.54, 1.807) is 13.0 Å². The maximum absolute atomic E-state index is 11.6. The molecule has 0 saturated heterocycles. The molecule has 1 aromatic carbocycles. The van der Waals surface area contributed by atoms with Crippen LogP contribution in [0.1, 0.15) is 43.4 Å². The fourth-order valence-corrected chi connectivity index (χ4v) is 1.96. The number of benzene rings is 1. The summed E-state index contributed by atoms with van der Waals surface area (Å²) in [6.07, 6.45) is 3.21. The monoisotopic (exact) mass is 216 g/mol. The van der Waals surface area contributed by atoms with Gasteiger partial charge in [-0.1, -0.05) is 38.1 Å². The van der Waals surface area contributed by atoms with Crippen LogP contribution in [0.4, 0.5) is 0 Å². The number of aliphatic hydroxyl groups is 1. The Balaban J connectivity index is 2.61. The summed E-state index contributed by atoms with van der Waals surface area (Å²) in [5.41, 5.74) is 1.40. The molecule has 0 bridgehead atoms. The molecule has 2 rings (SSSR count). The second-order valence-electron chi connectivity index (χ2n) is 4.77. The molecule has 1 N–H and O–H groups in total. The highest BCUT2D eigenvalue weighted by Gasteiger charge is 2.34. The summed E-state index contributed by atoms with van der Waals surface area (Å²) in [7, 11) is 0. The van der Waals surface area contributed by atoms with E-state index >= 15 is 0 Å². The molecule has 0 amide bonds. The van der Waals surface area contributed by atoms with Gasteiger partial charge in [0.2, 0.25) is 0 Å². The molecule has 2 heteroatoms. The number of hydrogen-bond acceptors (Lipinski definition) is 2. The van der Waals surface area contributed by atoms with Crippen LogP contribution in [-0.4, -0.2) is 10.9 Å². The van der Waals surface area contributed by atoms with Crippen LogP contribution in [0, 0.1) is 0 Å². The van der Waals surface area contributed by atoms with Crippen molar-refractivity contribution >= 4 is 11.9 Å². The Hall–Kier alpha value is -1.41. The Bertz CT molecular complexity index is 468. The molecule has 0 aliphatic heterocycles. The quantitative estimate of drug-likeness (QED) is 0.783. The molecule has 0 radical (unpaired) electrons. The number of carbonyl (C=O) groups is 1. The van der Waals surface area contributed by atoms with Crippen LogP contribution < -0.4 is 0 Å². The van der Waals surface area contributed by atoms with E-state index in [0.29, 0.717) is 11.5 Å². The van der Waals surface area contributed by atoms with E-state index in [1.807, 2.05) is 18.2 Å². The van der Waals surface area contributed by atoms with Gasteiger partial charge in [-0.05, 0) is 35.6 Å². The molecule has 84 valence electrons. The second kappa shape index (κ2) is 3.56. The first-order valence-corrected chi connectivity index (χ1v) is 5.52. The van der Waals surface area contributed by atoms with Gasteiger partial charge in [0.25, 0.3) is 0 Å². The van der Waals surface area contributed by atoms with Gasteiger partial charge in [-0.3, -0.25) is 4.79 Å². The predicted molar refractivity (Wildman–Crippen MR) is 64.1 cm³/mol. The van der Waals surface area contributed by atoms with Crippen molar-refractivity contribution in [2.24, 2.45) is 0 Å². The van der Waals surface area contributed by atoms with Crippen molar-refractivity contribution < 1.29 is 9.90 Å². The molecule has 16 heavy (non-hydrogen) atoms. The molecular formula is C14H16O2. The molecule has 0 fully saturated rings. The molecule has 0 spiro atoms. The summed E-state index contributed by atoms with van der Waals surface area (Å²) in [6, 6.07) is 5.93. The molecule has 0 heterocycles. The summed E-state index contributed by atoms with van der Waals surface area (Å²) in [5, 5.41) is 10.2. The third kappa shape index (κ3) is 1.59. The topological polar surface area (TPSA) is 37.3 Å². The third-order valence-electron chi connectivity index (χ3n) is 3.16. The van der Waals surface area contributed by atoms with Crippen molar-refractivity contribution in [3.8, 4) is 0 Å². The fourth-order valence-electron chi connectivity index (χ4n) is 1.96. The average molecular weight is 216 g/mol. The van der Waals surface area contributed by atoms with Gasteiger partial charge < -0.3 is 5.11 Å². The van der Waals surface area contributed by atoms with E-state index in [1.165, 1.54) is 6.08 Å². The van der Waals surface area contributed by atoms with Gasteiger partial charge in [-0.2, -0.15) is 0 Å². The second-order valence-corrected chi connectivity index (χ2v) is 4.77. The molecule has 1 aliphatic rings. The highest BCUT2D eigenvalue weighted by Crippen LogP contribution is 2.32. The minimum absolute atomic E-state index is 0.249. The number of hydrogen-bond donors (Lipinski definition) is 1. The third-order valence-corrected chi connectivity index (χ3v) is 3.16. The zero-order chi connectivity index (χ0) is 11.9. The first-order valence-electron chi connectivity index (χ1n) is 5.52. The standard InChI is InChI=1S/C14H16O2/c1-9(2)11-5-4-10-6-7-13(15)14(3,16)12(10)8-11/h4-9,16H,1-3H3. The number of fused-ring (bicyclic) bond motifs is 1. The zero-order valence-corrected chi connectivity index (χ0v) is 9.82. The number of ketones is 1. The SMILES string of the molecule is CC(C)c1ccc2c(c1)C(C)(O)C(=O)C=C2. The van der Waals surface area contributed by atoms with E-state index in [-0.39, 0.29) is 5.78 Å². The first-order chi connectivity index (χ1) is 7.43. The summed E-state index contributed by atoms with van der Waals surface area (Å²) in [6.45, 7) is 5.75. The Morgan fingerprint density at radius 1 is 1.25 bits per heavy atom. The van der Waals surface area contributed by atoms with Gasteiger partial charge in [0.1, 0.15) is 5.60 Å². The molecule has 0 saturated carbocycles. The largest absolute Gasteiger partial charge is 0.377 e. The van der Waals surface area contributed by atoms with Crippen LogP contribution in [0.5, 0.6) is 0 Å². The molecule has 1 unspecified atom stereocenters. The minimum Gasteiger partial charge on any atom is -0.377 e. The van der Waals surface area contributed by atoms with Crippen LogP contribution in [0.25, 0.3) is 6.08 Å². The van der Waals surface area contributed by atoms with Crippen LogP contribution in [0.2, 0.25) is 0 Å². The minimum atomic E-state index is -1.38. The van der Waals surface area contributed by atoms with Crippen molar-refractivity contribution in [3.63, 3.8) is 0 Å². The lowest BCUT2D eigenvalue weighted by Gasteiger charge is -2.27. The summed E-state index contributed by atoms with van der Waals surface area (Å²) >= 11 is 0.